The summed E-state index contributed by atoms with van der Waals surface area (Å²) in [4.78, 5) is 14.8. The second-order valence-corrected chi connectivity index (χ2v) is 6.85. The van der Waals surface area contributed by atoms with Gasteiger partial charge in [0.05, 0.1) is 0 Å². The van der Waals surface area contributed by atoms with Crippen molar-refractivity contribution in [3.8, 4) is 5.75 Å². The van der Waals surface area contributed by atoms with Crippen LogP contribution < -0.4 is 10.9 Å². The number of benzene rings is 2. The number of phenolic OH excluding ortho intramolecular Hbond substituents is 1. The Morgan fingerprint density at radius 3 is 2.50 bits per heavy atom. The molecule has 134 valence electrons. The van der Waals surface area contributed by atoms with E-state index in [1.807, 2.05) is 35.2 Å². The maximum atomic E-state index is 12.8. The number of amides is 1. The fourth-order valence-corrected chi connectivity index (χ4v) is 3.65. The quantitative estimate of drug-likeness (QED) is 0.797. The van der Waals surface area contributed by atoms with E-state index in [2.05, 4.69) is 29.1 Å². The molecule has 2 heterocycles. The number of phenols is 1. The molecule has 5 heteroatoms. The van der Waals surface area contributed by atoms with Crippen LogP contribution in [0, 0.1) is 0 Å². The smallest absolute Gasteiger partial charge is 0.241 e. The van der Waals surface area contributed by atoms with E-state index >= 15 is 0 Å². The molecule has 1 saturated heterocycles. The number of nitrogens with zero attached hydrogens (tertiary/aromatic N) is 1. The van der Waals surface area contributed by atoms with Gasteiger partial charge in [-0.2, -0.15) is 0 Å². The van der Waals surface area contributed by atoms with E-state index in [1.54, 1.807) is 12.1 Å². The highest BCUT2D eigenvalue weighted by atomic mass is 16.3. The molecular weight excluding hydrogens is 326 g/mol. The molecule has 2 aromatic carbocycles. The Hall–Kier alpha value is -2.63. The largest absolute Gasteiger partial charge is 0.508 e. The summed E-state index contributed by atoms with van der Waals surface area (Å²) in [5.41, 5.74) is 9.96. The predicted molar refractivity (Wildman–Crippen MR) is 101 cm³/mol. The molecular formula is C21H23N3O2. The Kier molecular flexibility index (Phi) is 4.73. The van der Waals surface area contributed by atoms with Gasteiger partial charge >= 0.3 is 0 Å². The molecule has 0 spiro atoms. The molecule has 0 aromatic heterocycles. The van der Waals surface area contributed by atoms with Gasteiger partial charge in [0.1, 0.15) is 11.8 Å². The van der Waals surface area contributed by atoms with Gasteiger partial charge in [0.25, 0.3) is 0 Å². The maximum absolute atomic E-state index is 12.8. The molecule has 0 aliphatic carbocycles. The molecule has 2 aromatic rings. The van der Waals surface area contributed by atoms with Crippen LogP contribution >= 0.6 is 0 Å². The molecule has 4 rings (SSSR count). The van der Waals surface area contributed by atoms with Gasteiger partial charge in [-0.25, -0.2) is 10.9 Å². The Labute approximate surface area is 153 Å². The third-order valence-electron chi connectivity index (χ3n) is 5.16. The number of rotatable bonds is 3. The lowest BCUT2D eigenvalue weighted by molar-refractivity contribution is -0.132. The topological polar surface area (TPSA) is 64.6 Å². The van der Waals surface area contributed by atoms with Crippen molar-refractivity contribution in [3.05, 3.63) is 71.8 Å². The second kappa shape index (κ2) is 7.32. The fourth-order valence-electron chi connectivity index (χ4n) is 3.65. The zero-order valence-corrected chi connectivity index (χ0v) is 14.6. The van der Waals surface area contributed by atoms with Crippen molar-refractivity contribution in [2.75, 3.05) is 13.1 Å². The van der Waals surface area contributed by atoms with Crippen molar-refractivity contribution >= 4 is 11.5 Å². The highest BCUT2D eigenvalue weighted by Crippen LogP contribution is 2.26. The highest BCUT2D eigenvalue weighted by molar-refractivity contribution is 5.83. The Morgan fingerprint density at radius 2 is 1.81 bits per heavy atom. The summed E-state index contributed by atoms with van der Waals surface area (Å²) in [6.45, 7) is 1.41. The van der Waals surface area contributed by atoms with E-state index < -0.39 is 0 Å². The van der Waals surface area contributed by atoms with Crippen LogP contribution in [0.5, 0.6) is 5.75 Å². The van der Waals surface area contributed by atoms with Crippen LogP contribution in [0.25, 0.3) is 5.57 Å². The van der Waals surface area contributed by atoms with Crippen LogP contribution in [0.3, 0.4) is 0 Å². The van der Waals surface area contributed by atoms with Gasteiger partial charge in [0, 0.05) is 19.1 Å². The first kappa shape index (κ1) is 16.8. The van der Waals surface area contributed by atoms with Gasteiger partial charge in [-0.1, -0.05) is 48.5 Å². The summed E-state index contributed by atoms with van der Waals surface area (Å²) in [6.07, 6.45) is 3.75. The zero-order chi connectivity index (χ0) is 17.9. The van der Waals surface area contributed by atoms with Crippen molar-refractivity contribution < 1.29 is 9.90 Å². The number of aromatic hydroxyl groups is 1. The third kappa shape index (κ3) is 3.49. The van der Waals surface area contributed by atoms with Crippen molar-refractivity contribution in [1.29, 1.82) is 0 Å². The average molecular weight is 349 g/mol. The Balaban J connectivity index is 1.37. The van der Waals surface area contributed by atoms with E-state index in [-0.39, 0.29) is 23.7 Å². The SMILES string of the molecule is O=C(C1CC(c2ccc(O)cc2)NN1)N1CC=C(c2ccccc2)CC1. The van der Waals surface area contributed by atoms with E-state index in [0.29, 0.717) is 13.0 Å². The number of hydrogen-bond donors (Lipinski definition) is 3. The highest BCUT2D eigenvalue weighted by Gasteiger charge is 2.33. The van der Waals surface area contributed by atoms with E-state index in [4.69, 9.17) is 0 Å². The molecule has 2 unspecified atom stereocenters. The summed E-state index contributed by atoms with van der Waals surface area (Å²) in [6, 6.07) is 17.3. The van der Waals surface area contributed by atoms with Gasteiger partial charge in [0.15, 0.2) is 0 Å². The van der Waals surface area contributed by atoms with Crippen LogP contribution in [-0.2, 0) is 4.79 Å². The standard InChI is InChI=1S/C21H23N3O2/c25-18-8-6-17(7-9-18)19-14-20(23-22-19)21(26)24-12-10-16(11-13-24)15-4-2-1-3-5-15/h1-10,19-20,22-23,25H,11-14H2. The summed E-state index contributed by atoms with van der Waals surface area (Å²) in [5, 5.41) is 9.41. The Bertz CT molecular complexity index is 802. The Morgan fingerprint density at radius 1 is 1.04 bits per heavy atom. The number of hydrazine groups is 1. The minimum atomic E-state index is -0.222. The molecule has 1 fully saturated rings. The zero-order valence-electron chi connectivity index (χ0n) is 14.6. The van der Waals surface area contributed by atoms with Crippen LogP contribution in [0.2, 0.25) is 0 Å². The van der Waals surface area contributed by atoms with Crippen molar-refractivity contribution in [2.24, 2.45) is 0 Å². The van der Waals surface area contributed by atoms with Gasteiger partial charge in [-0.3, -0.25) is 4.79 Å². The molecule has 3 N–H and O–H groups in total. The monoisotopic (exact) mass is 349 g/mol. The lowest BCUT2D eigenvalue weighted by atomic mass is 9.98. The molecule has 2 aliphatic rings. The van der Waals surface area contributed by atoms with E-state index in [0.717, 1.165) is 18.5 Å². The number of nitrogens with one attached hydrogen (secondary N) is 2. The normalized spacial score (nSPS) is 22.9. The fraction of sp³-hybridized carbons (Fsp3) is 0.286. The van der Waals surface area contributed by atoms with Crippen LogP contribution in [0.15, 0.2) is 60.7 Å². The third-order valence-corrected chi connectivity index (χ3v) is 5.16. The molecule has 0 saturated carbocycles. The molecule has 1 amide bonds. The molecule has 2 aliphatic heterocycles. The minimum Gasteiger partial charge on any atom is -0.508 e. The minimum absolute atomic E-state index is 0.0739. The van der Waals surface area contributed by atoms with Crippen molar-refractivity contribution in [1.82, 2.24) is 15.8 Å². The van der Waals surface area contributed by atoms with Gasteiger partial charge in [-0.15, -0.1) is 0 Å². The molecule has 2 atom stereocenters. The molecule has 0 bridgehead atoms. The lowest BCUT2D eigenvalue weighted by Gasteiger charge is -2.28. The van der Waals surface area contributed by atoms with Crippen molar-refractivity contribution in [3.63, 3.8) is 0 Å². The second-order valence-electron chi connectivity index (χ2n) is 6.85. The first-order valence-electron chi connectivity index (χ1n) is 9.04. The number of carbonyl (C=O) groups excluding carboxylic acids is 1. The van der Waals surface area contributed by atoms with Crippen molar-refractivity contribution in [2.45, 2.75) is 24.9 Å². The first-order valence-corrected chi connectivity index (χ1v) is 9.04. The van der Waals surface area contributed by atoms with E-state index in [1.165, 1.54) is 11.1 Å². The molecule has 5 nitrogen and oxygen atoms in total. The molecule has 0 radical (unpaired) electrons. The van der Waals surface area contributed by atoms with Crippen LogP contribution in [0.4, 0.5) is 0 Å². The average Bonchev–Trinajstić information content (AvgIpc) is 3.19. The number of hydrogen-bond acceptors (Lipinski definition) is 4. The van der Waals surface area contributed by atoms with E-state index in [9.17, 15) is 9.90 Å². The number of carbonyl (C=O) groups is 1. The summed E-state index contributed by atoms with van der Waals surface area (Å²) in [7, 11) is 0. The first-order chi connectivity index (χ1) is 12.7. The summed E-state index contributed by atoms with van der Waals surface area (Å²) < 4.78 is 0. The van der Waals surface area contributed by atoms with Gasteiger partial charge in [-0.05, 0) is 41.7 Å². The van der Waals surface area contributed by atoms with Crippen LogP contribution in [0.1, 0.15) is 30.0 Å². The summed E-state index contributed by atoms with van der Waals surface area (Å²) >= 11 is 0. The lowest BCUT2D eigenvalue weighted by Crippen LogP contribution is -2.46. The maximum Gasteiger partial charge on any atom is 0.241 e. The predicted octanol–water partition coefficient (Wildman–Crippen LogP) is 2.62. The molecule has 26 heavy (non-hydrogen) atoms. The van der Waals surface area contributed by atoms with Gasteiger partial charge in [0.2, 0.25) is 5.91 Å². The van der Waals surface area contributed by atoms with Crippen LogP contribution in [-0.4, -0.2) is 35.0 Å². The van der Waals surface area contributed by atoms with Gasteiger partial charge < -0.3 is 10.0 Å². The summed E-state index contributed by atoms with van der Waals surface area (Å²) in [5.74, 6) is 0.392.